The van der Waals surface area contributed by atoms with Crippen molar-refractivity contribution in [3.8, 4) is 51.0 Å². The number of hydrogen-bond acceptors (Lipinski definition) is 4. The molecule has 13 rings (SSSR count). The number of nitrogens with zero attached hydrogens (tertiary/aromatic N) is 4. The van der Waals surface area contributed by atoms with Crippen LogP contribution in [0, 0.1) is 0 Å². The molecule has 5 heteroatoms. The summed E-state index contributed by atoms with van der Waals surface area (Å²) in [5.41, 5.74) is 10.0. The van der Waals surface area contributed by atoms with E-state index in [1.807, 2.05) is 24.3 Å². The highest BCUT2D eigenvalue weighted by molar-refractivity contribution is 6.25. The lowest BCUT2D eigenvalue weighted by molar-refractivity contribution is 0.669. The van der Waals surface area contributed by atoms with Gasteiger partial charge in [0.25, 0.3) is 0 Å². The van der Waals surface area contributed by atoms with E-state index in [9.17, 15) is 0 Å². The van der Waals surface area contributed by atoms with E-state index in [0.717, 1.165) is 55.4 Å². The highest BCUT2D eigenvalue weighted by Gasteiger charge is 2.21. The second-order valence-corrected chi connectivity index (χ2v) is 15.9. The summed E-state index contributed by atoms with van der Waals surface area (Å²) < 4.78 is 9.00. The minimum absolute atomic E-state index is 0.594. The molecule has 3 heterocycles. The van der Waals surface area contributed by atoms with Crippen LogP contribution in [0.3, 0.4) is 0 Å². The standard InChI is InChI=1S/C57H34N4O/c1-2-15-35(16-3-1)55-58-56(36-29-31-42-40-19-5-4-17-38(40)39-18-6-7-20-41(39)47(42)33-36)60-57(59-55)37-30-32-52-48(34-37)54-46(24-14-28-53(54)62-52)45-23-10-13-27-51(45)61-49-25-11-8-21-43(49)44-22-9-12-26-50(44)61/h1-34H. The Bertz CT molecular complexity index is 3850. The van der Waals surface area contributed by atoms with Gasteiger partial charge in [0, 0.05) is 43.8 Å². The van der Waals surface area contributed by atoms with E-state index in [2.05, 4.69) is 187 Å². The van der Waals surface area contributed by atoms with Crippen molar-refractivity contribution in [2.75, 3.05) is 0 Å². The third-order valence-electron chi connectivity index (χ3n) is 12.4. The molecule has 3 aromatic heterocycles. The minimum atomic E-state index is 0.594. The molecule has 0 aliphatic heterocycles. The first-order valence-corrected chi connectivity index (χ1v) is 20.9. The van der Waals surface area contributed by atoms with Crippen LogP contribution in [0.1, 0.15) is 0 Å². The summed E-state index contributed by atoms with van der Waals surface area (Å²) in [7, 11) is 0. The Kier molecular flexibility index (Phi) is 7.54. The molecule has 0 aliphatic rings. The number of rotatable bonds is 5. The molecule has 62 heavy (non-hydrogen) atoms. The molecule has 0 spiro atoms. The lowest BCUT2D eigenvalue weighted by Crippen LogP contribution is -2.00. The quantitative estimate of drug-likeness (QED) is 0.163. The molecule has 0 saturated heterocycles. The van der Waals surface area contributed by atoms with E-state index in [1.54, 1.807) is 0 Å². The number of para-hydroxylation sites is 3. The summed E-state index contributed by atoms with van der Waals surface area (Å²) in [4.78, 5) is 15.5. The van der Waals surface area contributed by atoms with Crippen molar-refractivity contribution in [3.63, 3.8) is 0 Å². The maximum Gasteiger partial charge on any atom is 0.164 e. The van der Waals surface area contributed by atoms with Crippen molar-refractivity contribution < 1.29 is 4.42 Å². The summed E-state index contributed by atoms with van der Waals surface area (Å²) in [6, 6.07) is 72.7. The smallest absolute Gasteiger partial charge is 0.164 e. The Morgan fingerprint density at radius 3 is 1.45 bits per heavy atom. The molecular formula is C57H34N4O. The Balaban J connectivity index is 1.01. The first kappa shape index (κ1) is 34.5. The molecule has 10 aromatic carbocycles. The average Bonchev–Trinajstić information content (AvgIpc) is 3.90. The normalized spacial score (nSPS) is 11.9. The number of aromatic nitrogens is 4. The van der Waals surface area contributed by atoms with Crippen LogP contribution in [0.5, 0.6) is 0 Å². The number of fused-ring (bicyclic) bond motifs is 12. The van der Waals surface area contributed by atoms with Crippen molar-refractivity contribution >= 4 is 76.1 Å². The van der Waals surface area contributed by atoms with E-state index in [4.69, 9.17) is 19.4 Å². The van der Waals surface area contributed by atoms with Crippen LogP contribution < -0.4 is 0 Å². The van der Waals surface area contributed by atoms with Crippen LogP contribution in [0.15, 0.2) is 211 Å². The minimum Gasteiger partial charge on any atom is -0.456 e. The molecule has 13 aromatic rings. The molecule has 0 fully saturated rings. The SMILES string of the molecule is c1ccc(-c2nc(-c3ccc4c5ccccc5c5ccccc5c4c3)nc(-c3ccc4oc5cccc(-c6ccccc6-n6c7ccccc7c7ccccc76)c5c4c3)n2)cc1. The topological polar surface area (TPSA) is 56.7 Å². The molecule has 0 unspecified atom stereocenters. The van der Waals surface area contributed by atoms with Crippen molar-refractivity contribution in [1.82, 2.24) is 19.5 Å². The summed E-state index contributed by atoms with van der Waals surface area (Å²) in [6.45, 7) is 0. The Morgan fingerprint density at radius 1 is 0.306 bits per heavy atom. The monoisotopic (exact) mass is 790 g/mol. The number of hydrogen-bond donors (Lipinski definition) is 0. The Hall–Kier alpha value is -8.41. The molecule has 0 aliphatic carbocycles. The molecule has 0 radical (unpaired) electrons. The molecule has 0 amide bonds. The summed E-state index contributed by atoms with van der Waals surface area (Å²) >= 11 is 0. The van der Waals surface area contributed by atoms with Gasteiger partial charge in [0.2, 0.25) is 0 Å². The number of furan rings is 1. The van der Waals surface area contributed by atoms with Crippen molar-refractivity contribution in [3.05, 3.63) is 206 Å². The van der Waals surface area contributed by atoms with Gasteiger partial charge in [0.1, 0.15) is 11.2 Å². The van der Waals surface area contributed by atoms with E-state index in [0.29, 0.717) is 17.5 Å². The van der Waals surface area contributed by atoms with Gasteiger partial charge < -0.3 is 8.98 Å². The zero-order valence-electron chi connectivity index (χ0n) is 33.3. The highest BCUT2D eigenvalue weighted by atomic mass is 16.3. The fourth-order valence-electron chi connectivity index (χ4n) is 9.67. The van der Waals surface area contributed by atoms with Gasteiger partial charge in [-0.2, -0.15) is 0 Å². The molecule has 0 bridgehead atoms. The maximum absolute atomic E-state index is 6.61. The molecule has 0 N–H and O–H groups in total. The molecular weight excluding hydrogens is 757 g/mol. The van der Waals surface area contributed by atoms with Gasteiger partial charge in [-0.05, 0) is 86.4 Å². The zero-order chi connectivity index (χ0) is 40.7. The van der Waals surface area contributed by atoms with Crippen molar-refractivity contribution in [1.29, 1.82) is 0 Å². The van der Waals surface area contributed by atoms with Crippen molar-refractivity contribution in [2.45, 2.75) is 0 Å². The third kappa shape index (κ3) is 5.25. The fraction of sp³-hybridized carbons (Fsp3) is 0. The second-order valence-electron chi connectivity index (χ2n) is 15.9. The lowest BCUT2D eigenvalue weighted by atomic mass is 9.93. The van der Waals surface area contributed by atoms with Crippen LogP contribution in [0.25, 0.3) is 127 Å². The third-order valence-corrected chi connectivity index (χ3v) is 12.4. The van der Waals surface area contributed by atoms with Gasteiger partial charge in [-0.15, -0.1) is 0 Å². The molecule has 288 valence electrons. The highest BCUT2D eigenvalue weighted by Crippen LogP contribution is 2.43. The summed E-state index contributed by atoms with van der Waals surface area (Å²) in [5.74, 6) is 1.83. The van der Waals surface area contributed by atoms with E-state index >= 15 is 0 Å². The van der Waals surface area contributed by atoms with Gasteiger partial charge >= 0.3 is 0 Å². The fourth-order valence-corrected chi connectivity index (χ4v) is 9.67. The Labute approximate surface area is 355 Å². The van der Waals surface area contributed by atoms with Crippen LogP contribution in [0.4, 0.5) is 0 Å². The predicted molar refractivity (Wildman–Crippen MR) is 256 cm³/mol. The predicted octanol–water partition coefficient (Wildman–Crippen LogP) is 15.0. The molecule has 5 nitrogen and oxygen atoms in total. The summed E-state index contributed by atoms with van der Waals surface area (Å²) in [6.07, 6.45) is 0. The van der Waals surface area contributed by atoms with E-state index < -0.39 is 0 Å². The van der Waals surface area contributed by atoms with Crippen LogP contribution in [-0.4, -0.2) is 19.5 Å². The molecule has 0 saturated carbocycles. The van der Waals surface area contributed by atoms with Crippen LogP contribution in [0.2, 0.25) is 0 Å². The Morgan fingerprint density at radius 2 is 0.790 bits per heavy atom. The second kappa shape index (κ2) is 13.6. The summed E-state index contributed by atoms with van der Waals surface area (Å²) in [5, 5.41) is 11.8. The van der Waals surface area contributed by atoms with Gasteiger partial charge in [0.05, 0.1) is 16.7 Å². The van der Waals surface area contributed by atoms with Gasteiger partial charge in [-0.25, -0.2) is 15.0 Å². The van der Waals surface area contributed by atoms with E-state index in [1.165, 1.54) is 54.1 Å². The first-order valence-electron chi connectivity index (χ1n) is 20.9. The average molecular weight is 791 g/mol. The lowest BCUT2D eigenvalue weighted by Gasteiger charge is -2.15. The van der Waals surface area contributed by atoms with Gasteiger partial charge in [-0.1, -0.05) is 158 Å². The maximum atomic E-state index is 6.61. The van der Waals surface area contributed by atoms with E-state index in [-0.39, 0.29) is 0 Å². The van der Waals surface area contributed by atoms with Gasteiger partial charge in [-0.3, -0.25) is 0 Å². The van der Waals surface area contributed by atoms with Crippen LogP contribution in [-0.2, 0) is 0 Å². The van der Waals surface area contributed by atoms with Crippen molar-refractivity contribution in [2.24, 2.45) is 0 Å². The van der Waals surface area contributed by atoms with Gasteiger partial charge in [0.15, 0.2) is 17.5 Å². The number of benzene rings is 10. The zero-order valence-corrected chi connectivity index (χ0v) is 33.3. The van der Waals surface area contributed by atoms with Crippen LogP contribution >= 0.6 is 0 Å². The first-order chi connectivity index (χ1) is 30.7. The molecule has 0 atom stereocenters. The largest absolute Gasteiger partial charge is 0.456 e.